The number of rotatable bonds is 2. The molecule has 0 saturated carbocycles. The largest absolute Gasteiger partial charge is 0.264 e. The molecule has 0 aliphatic heterocycles. The molecule has 0 aliphatic rings. The first-order valence-corrected chi connectivity index (χ1v) is 6.85. The second kappa shape index (κ2) is 5.66. The van der Waals surface area contributed by atoms with Crippen LogP contribution >= 0.6 is 11.6 Å². The lowest BCUT2D eigenvalue weighted by Gasteiger charge is -2.10. The molecule has 0 atom stereocenters. The molecule has 2 aromatic carbocycles. The summed E-state index contributed by atoms with van der Waals surface area (Å²) in [6, 6.07) is 14.5. The zero-order chi connectivity index (χ0) is 14.8. The minimum Gasteiger partial charge on any atom is -0.264 e. The van der Waals surface area contributed by atoms with Gasteiger partial charge in [-0.1, -0.05) is 35.9 Å². The molecule has 1 aromatic heterocycles. The standard InChI is InChI=1S/C18H12ClFN/c1-12-5-6-14(10-18(12)20)17-11-21-8-7-16(17)13-3-2-4-15(19)9-13/h2-11H,1H2. The first-order chi connectivity index (χ1) is 10.1. The molecule has 1 heterocycles. The third-order valence-corrected chi connectivity index (χ3v) is 3.56. The van der Waals surface area contributed by atoms with Crippen LogP contribution in [0, 0.1) is 12.7 Å². The Morgan fingerprint density at radius 3 is 2.52 bits per heavy atom. The zero-order valence-corrected chi connectivity index (χ0v) is 11.9. The quantitative estimate of drug-likeness (QED) is 0.618. The molecule has 0 N–H and O–H groups in total. The van der Waals surface area contributed by atoms with Crippen LogP contribution in [-0.2, 0) is 0 Å². The van der Waals surface area contributed by atoms with E-state index in [-0.39, 0.29) is 5.82 Å². The van der Waals surface area contributed by atoms with E-state index < -0.39 is 0 Å². The first kappa shape index (κ1) is 13.8. The average Bonchev–Trinajstić information content (AvgIpc) is 2.50. The number of aromatic nitrogens is 1. The van der Waals surface area contributed by atoms with E-state index in [2.05, 4.69) is 11.9 Å². The summed E-state index contributed by atoms with van der Waals surface area (Å²) in [6.07, 6.45) is 3.44. The molecule has 0 spiro atoms. The van der Waals surface area contributed by atoms with Gasteiger partial charge >= 0.3 is 0 Å². The van der Waals surface area contributed by atoms with Crippen LogP contribution < -0.4 is 0 Å². The molecule has 1 radical (unpaired) electrons. The van der Waals surface area contributed by atoms with Gasteiger partial charge in [0.1, 0.15) is 5.82 Å². The van der Waals surface area contributed by atoms with Crippen LogP contribution in [0.3, 0.4) is 0 Å². The highest BCUT2D eigenvalue weighted by molar-refractivity contribution is 6.30. The molecular formula is C18H12ClFN. The molecule has 0 saturated heterocycles. The van der Waals surface area contributed by atoms with Crippen molar-refractivity contribution >= 4 is 11.6 Å². The summed E-state index contributed by atoms with van der Waals surface area (Å²) in [5, 5.41) is 0.662. The van der Waals surface area contributed by atoms with Crippen molar-refractivity contribution in [1.82, 2.24) is 4.98 Å². The Balaban J connectivity index is 2.18. The Bertz CT molecular complexity index is 799. The smallest absolute Gasteiger partial charge is 0.127 e. The number of pyridine rings is 1. The van der Waals surface area contributed by atoms with Crippen molar-refractivity contribution in [2.75, 3.05) is 0 Å². The molecule has 103 valence electrons. The van der Waals surface area contributed by atoms with Crippen LogP contribution in [0.15, 0.2) is 60.9 Å². The molecule has 0 unspecified atom stereocenters. The summed E-state index contributed by atoms with van der Waals surface area (Å²) in [5.74, 6) is -0.326. The highest BCUT2D eigenvalue weighted by Gasteiger charge is 2.09. The van der Waals surface area contributed by atoms with Crippen LogP contribution in [0.4, 0.5) is 4.39 Å². The van der Waals surface area contributed by atoms with Gasteiger partial charge in [-0.05, 0) is 53.4 Å². The monoisotopic (exact) mass is 296 g/mol. The lowest BCUT2D eigenvalue weighted by atomic mass is 9.96. The Labute approximate surface area is 128 Å². The van der Waals surface area contributed by atoms with E-state index in [1.54, 1.807) is 18.5 Å². The third kappa shape index (κ3) is 2.81. The highest BCUT2D eigenvalue weighted by Crippen LogP contribution is 2.33. The van der Waals surface area contributed by atoms with Crippen LogP contribution in [0.1, 0.15) is 5.56 Å². The van der Waals surface area contributed by atoms with Crippen molar-refractivity contribution < 1.29 is 4.39 Å². The number of nitrogens with zero attached hydrogens (tertiary/aromatic N) is 1. The van der Waals surface area contributed by atoms with E-state index >= 15 is 0 Å². The second-order valence-electron chi connectivity index (χ2n) is 4.74. The van der Waals surface area contributed by atoms with E-state index in [1.807, 2.05) is 36.4 Å². The van der Waals surface area contributed by atoms with Crippen molar-refractivity contribution in [3.05, 3.63) is 84.3 Å². The van der Waals surface area contributed by atoms with E-state index in [0.717, 1.165) is 22.3 Å². The fraction of sp³-hybridized carbons (Fsp3) is 0. The maximum atomic E-state index is 13.8. The van der Waals surface area contributed by atoms with Gasteiger partial charge in [0.05, 0.1) is 0 Å². The van der Waals surface area contributed by atoms with Crippen molar-refractivity contribution in [3.8, 4) is 22.3 Å². The number of hydrogen-bond acceptors (Lipinski definition) is 1. The molecule has 21 heavy (non-hydrogen) atoms. The van der Waals surface area contributed by atoms with Gasteiger partial charge in [0, 0.05) is 23.0 Å². The van der Waals surface area contributed by atoms with Gasteiger partial charge in [0.25, 0.3) is 0 Å². The molecule has 3 rings (SSSR count). The summed E-state index contributed by atoms with van der Waals surface area (Å²) in [5.41, 5.74) is 3.94. The van der Waals surface area contributed by atoms with Gasteiger partial charge in [-0.3, -0.25) is 4.98 Å². The molecule has 3 heteroatoms. The summed E-state index contributed by atoms with van der Waals surface area (Å²) in [6.45, 7) is 3.64. The van der Waals surface area contributed by atoms with E-state index in [1.165, 1.54) is 6.07 Å². The topological polar surface area (TPSA) is 12.9 Å². The van der Waals surface area contributed by atoms with Crippen molar-refractivity contribution in [1.29, 1.82) is 0 Å². The van der Waals surface area contributed by atoms with Gasteiger partial charge in [-0.25, -0.2) is 4.39 Å². The van der Waals surface area contributed by atoms with E-state index in [0.29, 0.717) is 10.6 Å². The SMILES string of the molecule is [CH2]c1ccc(-c2cnccc2-c2cccc(Cl)c2)cc1F. The van der Waals surface area contributed by atoms with Gasteiger partial charge in [-0.15, -0.1) is 0 Å². The first-order valence-electron chi connectivity index (χ1n) is 6.47. The van der Waals surface area contributed by atoms with Crippen molar-refractivity contribution in [2.24, 2.45) is 0 Å². The summed E-state index contributed by atoms with van der Waals surface area (Å²) in [7, 11) is 0. The van der Waals surface area contributed by atoms with Crippen LogP contribution in [0.2, 0.25) is 5.02 Å². The van der Waals surface area contributed by atoms with Gasteiger partial charge in [0.2, 0.25) is 0 Å². The van der Waals surface area contributed by atoms with Gasteiger partial charge in [-0.2, -0.15) is 0 Å². The number of benzene rings is 2. The van der Waals surface area contributed by atoms with Crippen LogP contribution in [0.5, 0.6) is 0 Å². The molecule has 0 fully saturated rings. The minimum atomic E-state index is -0.326. The molecule has 3 aromatic rings. The predicted octanol–water partition coefficient (Wildman–Crippen LogP) is 5.39. The summed E-state index contributed by atoms with van der Waals surface area (Å²) in [4.78, 5) is 4.15. The molecule has 0 bridgehead atoms. The Morgan fingerprint density at radius 2 is 1.76 bits per heavy atom. The Hall–Kier alpha value is -2.19. The lowest BCUT2D eigenvalue weighted by Crippen LogP contribution is -1.89. The Kier molecular flexibility index (Phi) is 3.72. The fourth-order valence-electron chi connectivity index (χ4n) is 2.25. The normalized spacial score (nSPS) is 10.6. The highest BCUT2D eigenvalue weighted by atomic mass is 35.5. The maximum Gasteiger partial charge on any atom is 0.127 e. The number of halogens is 2. The average molecular weight is 297 g/mol. The van der Waals surface area contributed by atoms with Crippen molar-refractivity contribution in [2.45, 2.75) is 0 Å². The third-order valence-electron chi connectivity index (χ3n) is 3.32. The van der Waals surface area contributed by atoms with Gasteiger partial charge < -0.3 is 0 Å². The molecule has 1 nitrogen and oxygen atoms in total. The predicted molar refractivity (Wildman–Crippen MR) is 84.5 cm³/mol. The van der Waals surface area contributed by atoms with Crippen LogP contribution in [0.25, 0.3) is 22.3 Å². The van der Waals surface area contributed by atoms with E-state index in [4.69, 9.17) is 11.6 Å². The van der Waals surface area contributed by atoms with E-state index in [9.17, 15) is 4.39 Å². The maximum absolute atomic E-state index is 13.8. The lowest BCUT2D eigenvalue weighted by molar-refractivity contribution is 0.623. The van der Waals surface area contributed by atoms with Crippen LogP contribution in [-0.4, -0.2) is 4.98 Å². The molecule has 0 amide bonds. The molecule has 0 aliphatic carbocycles. The second-order valence-corrected chi connectivity index (χ2v) is 5.17. The van der Waals surface area contributed by atoms with Crippen molar-refractivity contribution in [3.63, 3.8) is 0 Å². The summed E-state index contributed by atoms with van der Waals surface area (Å²) < 4.78 is 13.8. The minimum absolute atomic E-state index is 0.326. The molecular weight excluding hydrogens is 285 g/mol. The fourth-order valence-corrected chi connectivity index (χ4v) is 2.44. The Morgan fingerprint density at radius 1 is 0.952 bits per heavy atom. The number of hydrogen-bond donors (Lipinski definition) is 0. The summed E-state index contributed by atoms with van der Waals surface area (Å²) >= 11 is 6.06. The zero-order valence-electron chi connectivity index (χ0n) is 11.2. The van der Waals surface area contributed by atoms with Gasteiger partial charge in [0.15, 0.2) is 0 Å².